The van der Waals surface area contributed by atoms with E-state index in [0.717, 1.165) is 35.1 Å². The second kappa shape index (κ2) is 8.52. The van der Waals surface area contributed by atoms with Gasteiger partial charge in [0.05, 0.1) is 22.5 Å². The van der Waals surface area contributed by atoms with E-state index in [1.807, 2.05) is 61.6 Å². The summed E-state index contributed by atoms with van der Waals surface area (Å²) in [6.45, 7) is 0.934. The number of fused-ring (bicyclic) bond motifs is 1. The molecule has 0 bridgehead atoms. The summed E-state index contributed by atoms with van der Waals surface area (Å²) in [4.78, 5) is 7.93. The van der Waals surface area contributed by atoms with Gasteiger partial charge in [0.25, 0.3) is 0 Å². The maximum Gasteiger partial charge on any atom is 0.199 e. The van der Waals surface area contributed by atoms with Crippen LogP contribution in [0.3, 0.4) is 0 Å². The number of hydrogen-bond donors (Lipinski definition) is 3. The second-order valence-corrected chi connectivity index (χ2v) is 7.32. The normalized spacial score (nSPS) is 11.9. The summed E-state index contributed by atoms with van der Waals surface area (Å²) < 4.78 is 0. The summed E-state index contributed by atoms with van der Waals surface area (Å²) in [5, 5.41) is 15.3. The smallest absolute Gasteiger partial charge is 0.199 e. The van der Waals surface area contributed by atoms with Gasteiger partial charge in [-0.15, -0.1) is 0 Å². The van der Waals surface area contributed by atoms with Crippen LogP contribution < -0.4 is 5.32 Å². The predicted octanol–water partition coefficient (Wildman–Crippen LogP) is 5.46. The molecular formula is C24H22ClN3O. The van der Waals surface area contributed by atoms with Gasteiger partial charge < -0.3 is 15.4 Å². The molecule has 3 aromatic carbocycles. The van der Waals surface area contributed by atoms with Crippen molar-refractivity contribution in [1.82, 2.24) is 10.3 Å². The van der Waals surface area contributed by atoms with Crippen LogP contribution in [-0.4, -0.2) is 29.4 Å². The van der Waals surface area contributed by atoms with Crippen molar-refractivity contribution in [2.24, 2.45) is 4.99 Å². The number of nitrogens with zero attached hydrogens (tertiary/aromatic N) is 1. The highest BCUT2D eigenvalue weighted by Gasteiger charge is 2.18. The van der Waals surface area contributed by atoms with Crippen LogP contribution >= 0.6 is 11.6 Å². The van der Waals surface area contributed by atoms with E-state index in [4.69, 9.17) is 16.6 Å². The molecule has 0 saturated carbocycles. The molecule has 0 aliphatic rings. The summed E-state index contributed by atoms with van der Waals surface area (Å²) in [7, 11) is 1.95. The molecule has 0 spiro atoms. The van der Waals surface area contributed by atoms with Crippen LogP contribution in [0.15, 0.2) is 77.8 Å². The van der Waals surface area contributed by atoms with Gasteiger partial charge in [0.2, 0.25) is 0 Å². The minimum Gasteiger partial charge on any atom is -0.494 e. The summed E-state index contributed by atoms with van der Waals surface area (Å²) >= 11 is 6.12. The van der Waals surface area contributed by atoms with Gasteiger partial charge in [-0.05, 0) is 49.8 Å². The highest BCUT2D eigenvalue weighted by molar-refractivity contribution is 6.31. The molecule has 146 valence electrons. The summed E-state index contributed by atoms with van der Waals surface area (Å²) in [5.74, 6) is 0.0792. The van der Waals surface area contributed by atoms with Crippen molar-refractivity contribution < 1.29 is 5.11 Å². The molecule has 0 atom stereocenters. The summed E-state index contributed by atoms with van der Waals surface area (Å²) in [6.07, 6.45) is 0.968. The van der Waals surface area contributed by atoms with E-state index >= 15 is 0 Å². The molecule has 1 heterocycles. The number of aliphatic imine (C=N–C) groups is 1. The summed E-state index contributed by atoms with van der Waals surface area (Å²) in [5.41, 5.74) is 5.17. The third-order valence-corrected chi connectivity index (χ3v) is 5.10. The maximum absolute atomic E-state index is 10.7. The van der Waals surface area contributed by atoms with Crippen molar-refractivity contribution in [3.8, 4) is 5.88 Å². The van der Waals surface area contributed by atoms with Gasteiger partial charge in [-0.1, -0.05) is 60.1 Å². The van der Waals surface area contributed by atoms with E-state index in [9.17, 15) is 5.11 Å². The molecule has 29 heavy (non-hydrogen) atoms. The maximum atomic E-state index is 10.7. The average Bonchev–Trinajstić information content (AvgIpc) is 3.06. The Morgan fingerprint density at radius 2 is 1.79 bits per heavy atom. The van der Waals surface area contributed by atoms with Crippen molar-refractivity contribution in [1.29, 1.82) is 0 Å². The van der Waals surface area contributed by atoms with Crippen LogP contribution in [0.25, 0.3) is 10.9 Å². The van der Waals surface area contributed by atoms with Crippen LogP contribution in [0.4, 0.5) is 5.69 Å². The molecule has 4 nitrogen and oxygen atoms in total. The zero-order valence-corrected chi connectivity index (χ0v) is 16.9. The number of rotatable bonds is 6. The first kappa shape index (κ1) is 19.2. The van der Waals surface area contributed by atoms with E-state index in [2.05, 4.69) is 22.4 Å². The van der Waals surface area contributed by atoms with Crippen molar-refractivity contribution >= 4 is 33.9 Å². The number of likely N-dealkylation sites (N-methyl/N-ethyl adjacent to an activating group) is 1. The predicted molar refractivity (Wildman–Crippen MR) is 121 cm³/mol. The molecule has 0 aliphatic heterocycles. The highest BCUT2D eigenvalue weighted by atomic mass is 35.5. The van der Waals surface area contributed by atoms with Gasteiger partial charge in [-0.25, -0.2) is 4.99 Å². The lowest BCUT2D eigenvalue weighted by Gasteiger charge is -2.08. The van der Waals surface area contributed by atoms with Crippen LogP contribution in [0.5, 0.6) is 5.88 Å². The number of H-pyrrole nitrogens is 1. The fraction of sp³-hybridized carbons (Fsp3) is 0.125. The van der Waals surface area contributed by atoms with Crippen LogP contribution in [0, 0.1) is 0 Å². The first-order valence-electron chi connectivity index (χ1n) is 9.54. The van der Waals surface area contributed by atoms with Crippen LogP contribution in [0.2, 0.25) is 5.02 Å². The first-order chi connectivity index (χ1) is 14.2. The van der Waals surface area contributed by atoms with Gasteiger partial charge in [-0.2, -0.15) is 0 Å². The van der Waals surface area contributed by atoms with Crippen LogP contribution in [0.1, 0.15) is 16.7 Å². The average molecular weight is 404 g/mol. The Morgan fingerprint density at radius 1 is 1.03 bits per heavy atom. The highest BCUT2D eigenvalue weighted by Crippen LogP contribution is 2.32. The zero-order valence-electron chi connectivity index (χ0n) is 16.1. The van der Waals surface area contributed by atoms with E-state index in [1.165, 1.54) is 5.56 Å². The minimum absolute atomic E-state index is 0.0792. The lowest BCUT2D eigenvalue weighted by Crippen LogP contribution is -2.10. The molecule has 0 radical (unpaired) electrons. The lowest BCUT2D eigenvalue weighted by atomic mass is 10.0. The van der Waals surface area contributed by atoms with Crippen molar-refractivity contribution in [3.05, 3.63) is 94.5 Å². The Bertz CT molecular complexity index is 1150. The van der Waals surface area contributed by atoms with E-state index in [1.54, 1.807) is 6.07 Å². The fourth-order valence-corrected chi connectivity index (χ4v) is 3.56. The van der Waals surface area contributed by atoms with Gasteiger partial charge in [-0.3, -0.25) is 0 Å². The van der Waals surface area contributed by atoms with Gasteiger partial charge in [0, 0.05) is 16.0 Å². The summed E-state index contributed by atoms with van der Waals surface area (Å²) in [6, 6.07) is 23.6. The molecule has 4 aromatic rings. The van der Waals surface area contributed by atoms with Crippen LogP contribution in [-0.2, 0) is 6.42 Å². The van der Waals surface area contributed by atoms with E-state index < -0.39 is 0 Å². The van der Waals surface area contributed by atoms with Crippen molar-refractivity contribution in [2.45, 2.75) is 6.42 Å². The third kappa shape index (κ3) is 4.19. The molecule has 0 saturated heterocycles. The SMILES string of the molecule is CNCCc1ccc(N=C(c2ccccc2)c2c(O)[nH]c3cc(Cl)ccc23)cc1. The van der Waals surface area contributed by atoms with Crippen molar-refractivity contribution in [3.63, 3.8) is 0 Å². The molecule has 0 fully saturated rings. The van der Waals surface area contributed by atoms with E-state index in [-0.39, 0.29) is 5.88 Å². The molecule has 4 rings (SSSR count). The number of nitrogens with one attached hydrogen (secondary N) is 2. The van der Waals surface area contributed by atoms with E-state index in [0.29, 0.717) is 16.3 Å². The molecule has 0 aliphatic carbocycles. The molecule has 3 N–H and O–H groups in total. The Kier molecular flexibility index (Phi) is 5.65. The topological polar surface area (TPSA) is 60.4 Å². The van der Waals surface area contributed by atoms with Crippen molar-refractivity contribution in [2.75, 3.05) is 13.6 Å². The monoisotopic (exact) mass is 403 g/mol. The Labute approximate surface area is 174 Å². The fourth-order valence-electron chi connectivity index (χ4n) is 3.39. The standard InChI is InChI=1S/C24H22ClN3O/c1-26-14-13-16-7-10-19(11-8-16)27-23(17-5-3-2-4-6-17)22-20-12-9-18(25)15-21(20)28-24(22)29/h2-12,15,26,28-29H,13-14H2,1H3. The third-order valence-electron chi connectivity index (χ3n) is 4.87. The molecule has 1 aromatic heterocycles. The first-order valence-corrected chi connectivity index (χ1v) is 9.91. The minimum atomic E-state index is 0.0792. The lowest BCUT2D eigenvalue weighted by molar-refractivity contribution is 0.457. The van der Waals surface area contributed by atoms with Gasteiger partial charge >= 0.3 is 0 Å². The molecular weight excluding hydrogens is 382 g/mol. The number of hydrogen-bond acceptors (Lipinski definition) is 3. The number of aromatic amines is 1. The molecule has 0 unspecified atom stereocenters. The second-order valence-electron chi connectivity index (χ2n) is 6.88. The quantitative estimate of drug-likeness (QED) is 0.374. The Balaban J connectivity index is 1.84. The number of halogens is 1. The van der Waals surface area contributed by atoms with Gasteiger partial charge in [0.1, 0.15) is 0 Å². The number of aromatic nitrogens is 1. The molecule has 5 heteroatoms. The zero-order chi connectivity index (χ0) is 20.2. The largest absolute Gasteiger partial charge is 0.494 e. The Hall–Kier alpha value is -3.08. The molecule has 0 amide bonds. The Morgan fingerprint density at radius 3 is 2.52 bits per heavy atom. The number of aromatic hydroxyl groups is 1. The van der Waals surface area contributed by atoms with Gasteiger partial charge in [0.15, 0.2) is 5.88 Å². The number of benzene rings is 3.